The van der Waals surface area contributed by atoms with E-state index >= 15 is 0 Å². The summed E-state index contributed by atoms with van der Waals surface area (Å²) in [5, 5.41) is 17.5. The Morgan fingerprint density at radius 2 is 1.98 bits per heavy atom. The van der Waals surface area contributed by atoms with Crippen LogP contribution in [0, 0.1) is 5.92 Å². The van der Waals surface area contributed by atoms with Crippen molar-refractivity contribution in [3.8, 4) is 0 Å². The molecule has 0 spiro atoms. The predicted molar refractivity (Wildman–Crippen MR) is 137 cm³/mol. The Morgan fingerprint density at radius 1 is 1.23 bits per heavy atom. The summed E-state index contributed by atoms with van der Waals surface area (Å²) in [5.74, 6) is -0.851. The third kappa shape index (κ3) is 5.09. The summed E-state index contributed by atoms with van der Waals surface area (Å²) < 4.78 is 85.8. The number of thiophene rings is 1. The van der Waals surface area contributed by atoms with E-state index < -0.39 is 52.4 Å². The van der Waals surface area contributed by atoms with Crippen LogP contribution in [0.5, 0.6) is 0 Å². The smallest absolute Gasteiger partial charge is 0.282 e. The number of carbonyl (C=O) groups excluding carboxylic acids is 1. The van der Waals surface area contributed by atoms with Gasteiger partial charge >= 0.3 is 0 Å². The fourth-order valence-corrected chi connectivity index (χ4v) is 8.37. The van der Waals surface area contributed by atoms with Crippen molar-refractivity contribution in [2.45, 2.75) is 74.3 Å². The van der Waals surface area contributed by atoms with Crippen molar-refractivity contribution in [3.05, 3.63) is 28.5 Å². The maximum atomic E-state index is 13.6. The van der Waals surface area contributed by atoms with Gasteiger partial charge in [0.05, 0.1) is 5.92 Å². The van der Waals surface area contributed by atoms with Crippen LogP contribution in [0.2, 0.25) is 0 Å². The zero-order chi connectivity index (χ0) is 28.3. The minimum atomic E-state index is -4.15. The van der Waals surface area contributed by atoms with E-state index in [1.54, 1.807) is 4.57 Å². The fourth-order valence-electron chi connectivity index (χ4n) is 5.13. The number of sulfonamides is 1. The summed E-state index contributed by atoms with van der Waals surface area (Å²) in [7, 11) is -2.65. The molecule has 17 heteroatoms. The molecule has 1 amide bonds. The van der Waals surface area contributed by atoms with Crippen molar-refractivity contribution >= 4 is 44.0 Å². The maximum Gasteiger partial charge on any atom is 0.282 e. The van der Waals surface area contributed by atoms with E-state index in [1.165, 1.54) is 24.1 Å². The van der Waals surface area contributed by atoms with Gasteiger partial charge in [-0.05, 0) is 44.1 Å². The van der Waals surface area contributed by atoms with E-state index in [2.05, 4.69) is 30.7 Å². The number of nitrogens with one attached hydrogen (secondary N) is 3. The monoisotopic (exact) mass is 602 g/mol. The highest BCUT2D eigenvalue weighted by Gasteiger charge is 2.45. The van der Waals surface area contributed by atoms with E-state index in [9.17, 15) is 30.8 Å². The van der Waals surface area contributed by atoms with Crippen molar-refractivity contribution in [3.63, 3.8) is 0 Å². The normalized spacial score (nSPS) is 25.9. The molecule has 0 aliphatic heterocycles. The molecule has 3 atom stereocenters. The van der Waals surface area contributed by atoms with Crippen molar-refractivity contribution < 1.29 is 30.8 Å². The largest absolute Gasteiger partial charge is 0.316 e. The first-order valence-electron chi connectivity index (χ1n) is 12.7. The number of rotatable bonds is 9. The zero-order valence-corrected chi connectivity index (χ0v) is 22.8. The van der Waals surface area contributed by atoms with E-state index in [1.807, 2.05) is 0 Å². The molecule has 3 N–H and O–H groups in total. The lowest BCUT2D eigenvalue weighted by Crippen LogP contribution is -2.45. The molecule has 6 rings (SSSR count). The van der Waals surface area contributed by atoms with Crippen molar-refractivity contribution in [1.82, 2.24) is 29.3 Å². The topological polar surface area (TPSA) is 136 Å². The first-order chi connectivity index (χ1) is 19.0. The van der Waals surface area contributed by atoms with E-state index in [-0.39, 0.29) is 53.4 Å². The molecule has 2 saturated carbocycles. The number of alkyl halides is 4. The minimum absolute atomic E-state index is 0.0680. The molecule has 3 heterocycles. The summed E-state index contributed by atoms with van der Waals surface area (Å²) >= 11 is 1.14. The number of carbonyl (C=O) groups is 1. The molecule has 3 aromatic heterocycles. The molecule has 3 aliphatic rings. The van der Waals surface area contributed by atoms with Gasteiger partial charge in [-0.15, -0.1) is 21.5 Å². The lowest BCUT2D eigenvalue weighted by molar-refractivity contribution is -0.117. The summed E-state index contributed by atoms with van der Waals surface area (Å²) in [4.78, 5) is 13.2. The van der Waals surface area contributed by atoms with Gasteiger partial charge in [-0.1, -0.05) is 0 Å². The summed E-state index contributed by atoms with van der Waals surface area (Å²) in [6, 6.07) is 0.345. The van der Waals surface area contributed by atoms with Gasteiger partial charge in [-0.3, -0.25) is 14.0 Å². The Balaban J connectivity index is 1.30. The van der Waals surface area contributed by atoms with Crippen molar-refractivity contribution in [2.24, 2.45) is 13.0 Å². The Bertz CT molecular complexity index is 1550. The molecular formula is C23H26F4N8O3S2. The highest BCUT2D eigenvalue weighted by molar-refractivity contribution is 7.90. The number of fused-ring (bicyclic) bond motifs is 1. The highest BCUT2D eigenvalue weighted by Crippen LogP contribution is 2.45. The van der Waals surface area contributed by atoms with Gasteiger partial charge in [0.2, 0.25) is 21.9 Å². The molecule has 2 fully saturated rings. The van der Waals surface area contributed by atoms with Crippen molar-refractivity contribution in [2.75, 3.05) is 10.6 Å². The number of anilines is 3. The average Bonchev–Trinajstić information content (AvgIpc) is 3.19. The number of aromatic nitrogens is 5. The minimum Gasteiger partial charge on any atom is -0.316 e. The van der Waals surface area contributed by atoms with Crippen LogP contribution in [-0.2, 0) is 34.7 Å². The third-order valence-corrected chi connectivity index (χ3v) is 10.4. The Morgan fingerprint density at radius 3 is 2.62 bits per heavy atom. The Labute approximate surface area is 230 Å². The molecule has 3 aromatic rings. The molecule has 216 valence electrons. The number of hydrogen-bond acceptors (Lipinski definition) is 8. The first-order valence-corrected chi connectivity index (χ1v) is 15.0. The molecule has 0 bridgehead atoms. The van der Waals surface area contributed by atoms with Gasteiger partial charge in [-0.25, -0.2) is 30.7 Å². The first kappa shape index (κ1) is 27.1. The van der Waals surface area contributed by atoms with Gasteiger partial charge in [0.15, 0.2) is 0 Å². The second-order valence-corrected chi connectivity index (χ2v) is 13.1. The summed E-state index contributed by atoms with van der Waals surface area (Å²) in [6.07, 6.45) is -2.06. The van der Waals surface area contributed by atoms with Gasteiger partial charge in [-0.2, -0.15) is 5.10 Å². The van der Waals surface area contributed by atoms with Crippen LogP contribution in [0.1, 0.15) is 54.3 Å². The van der Waals surface area contributed by atoms with E-state index in [0.29, 0.717) is 18.4 Å². The average molecular weight is 603 g/mol. The second-order valence-electron chi connectivity index (χ2n) is 10.4. The second kappa shape index (κ2) is 10.1. The van der Waals surface area contributed by atoms with Crippen LogP contribution >= 0.6 is 11.3 Å². The van der Waals surface area contributed by atoms with Crippen LogP contribution in [0.4, 0.5) is 34.3 Å². The van der Waals surface area contributed by atoms with Crippen molar-refractivity contribution in [1.29, 1.82) is 0 Å². The molecule has 11 nitrogen and oxygen atoms in total. The lowest BCUT2D eigenvalue weighted by atomic mass is 9.92. The third-order valence-electron chi connectivity index (χ3n) is 7.47. The zero-order valence-electron chi connectivity index (χ0n) is 21.2. The Hall–Kier alpha value is -3.05. The predicted octanol–water partition coefficient (Wildman–Crippen LogP) is 3.56. The molecule has 40 heavy (non-hydrogen) atoms. The summed E-state index contributed by atoms with van der Waals surface area (Å²) in [6.45, 7) is 0. The standard InChI is InChI=1S/C23H26F4N8O3S2/c1-34-18(8-16(32-34)20(26)27)29-23-31-28-9-35(23)12-2-3-17-14(6-12)19(40(37,38)33-11-4-10(24)5-11)22(39-17)30-21(36)13-7-15(13)25/h8-13,15,20,33H,2-7H2,1H3,(H,29,31)(H,30,36)/t10-,11-,12-,13-,15-/m0/s1. The van der Waals surface area contributed by atoms with Gasteiger partial charge < -0.3 is 10.6 Å². The van der Waals surface area contributed by atoms with Gasteiger partial charge in [0.1, 0.15) is 40.1 Å². The molecular weight excluding hydrogens is 576 g/mol. The molecule has 3 aliphatic carbocycles. The van der Waals surface area contributed by atoms with Crippen LogP contribution in [-0.4, -0.2) is 57.3 Å². The maximum absolute atomic E-state index is 13.6. The SMILES string of the molecule is Cn1nc(C(F)F)cc1Nc1nncn1[C@H]1CCc2sc(NC(=O)[C@H]3C[C@@H]3F)c(S(=O)(=O)N[C@H]3C[C@H](F)C3)c2C1. The van der Waals surface area contributed by atoms with Gasteiger partial charge in [0, 0.05) is 30.1 Å². The van der Waals surface area contributed by atoms with Crippen LogP contribution in [0.3, 0.4) is 0 Å². The van der Waals surface area contributed by atoms with E-state index in [4.69, 9.17) is 0 Å². The molecule has 0 saturated heterocycles. The number of nitrogens with zero attached hydrogens (tertiary/aromatic N) is 5. The summed E-state index contributed by atoms with van der Waals surface area (Å²) in [5.41, 5.74) is 0.109. The van der Waals surface area contributed by atoms with Crippen LogP contribution in [0.25, 0.3) is 0 Å². The Kier molecular flexibility index (Phi) is 6.85. The fraction of sp³-hybridized carbons (Fsp3) is 0.565. The molecule has 0 aromatic carbocycles. The number of amides is 1. The van der Waals surface area contributed by atoms with Crippen LogP contribution in [0.15, 0.2) is 17.3 Å². The molecule has 0 radical (unpaired) electrons. The highest BCUT2D eigenvalue weighted by atomic mass is 32.2. The quantitative estimate of drug-likeness (QED) is 0.319. The van der Waals surface area contributed by atoms with Crippen LogP contribution < -0.4 is 15.4 Å². The molecule has 0 unspecified atom stereocenters. The van der Waals surface area contributed by atoms with Gasteiger partial charge in [0.25, 0.3) is 6.43 Å². The number of halogens is 4. The van der Waals surface area contributed by atoms with E-state index in [0.717, 1.165) is 16.2 Å². The number of aryl methyl sites for hydroxylation is 2. The number of hydrogen-bond donors (Lipinski definition) is 3. The lowest BCUT2D eigenvalue weighted by Gasteiger charge is -2.30.